The van der Waals surface area contributed by atoms with Crippen molar-refractivity contribution in [3.05, 3.63) is 121 Å². The first-order valence-corrected chi connectivity index (χ1v) is 14.9. The van der Waals surface area contributed by atoms with Crippen molar-refractivity contribution in [2.24, 2.45) is 5.10 Å². The van der Waals surface area contributed by atoms with Crippen molar-refractivity contribution in [2.45, 2.75) is 13.5 Å². The molecular formula is C33H23ClIN3O6. The highest BCUT2D eigenvalue weighted by Gasteiger charge is 2.17. The molecule has 0 saturated carbocycles. The zero-order chi connectivity index (χ0) is 30.8. The standard InChI is InChI=1S/C33H23ClIN3O6/c1-2-42-28-14-20(13-25(35)30(28)43-18-19-7-9-21(10-8-19)33(40)41)17-36-38-31(37-26-6-4-3-5-24(26)32(38)39)29-16-22-15-23(34)11-12-27(22)44-29/h3-17H,2,18H2,1H3,(H,40,41). The van der Waals surface area contributed by atoms with Gasteiger partial charge in [-0.15, -0.1) is 0 Å². The van der Waals surface area contributed by atoms with Crippen LogP contribution in [-0.4, -0.2) is 33.6 Å². The third kappa shape index (κ3) is 6.03. The Balaban J connectivity index is 1.37. The van der Waals surface area contributed by atoms with E-state index in [1.165, 1.54) is 16.8 Å². The molecule has 2 heterocycles. The number of ether oxygens (including phenoxy) is 2. The minimum absolute atomic E-state index is 0.204. The molecule has 44 heavy (non-hydrogen) atoms. The number of carbonyl (C=O) groups is 1. The van der Waals surface area contributed by atoms with Crippen molar-refractivity contribution in [3.8, 4) is 23.1 Å². The van der Waals surface area contributed by atoms with Crippen LogP contribution in [0.1, 0.15) is 28.4 Å². The highest BCUT2D eigenvalue weighted by molar-refractivity contribution is 14.1. The number of aromatic carboxylic acids is 1. The summed E-state index contributed by atoms with van der Waals surface area (Å²) in [4.78, 5) is 29.5. The molecular weight excluding hydrogens is 697 g/mol. The van der Waals surface area contributed by atoms with E-state index in [4.69, 9.17) is 35.6 Å². The largest absolute Gasteiger partial charge is 0.490 e. The molecule has 0 unspecified atom stereocenters. The Morgan fingerprint density at radius 1 is 1.07 bits per heavy atom. The van der Waals surface area contributed by atoms with Crippen LogP contribution in [0.25, 0.3) is 33.5 Å². The van der Waals surface area contributed by atoms with Crippen molar-refractivity contribution in [1.82, 2.24) is 9.66 Å². The van der Waals surface area contributed by atoms with E-state index >= 15 is 0 Å². The number of aromatic nitrogens is 2. The summed E-state index contributed by atoms with van der Waals surface area (Å²) in [5.74, 6) is 0.663. The molecule has 0 amide bonds. The SMILES string of the molecule is CCOc1cc(C=Nn2c(-c3cc4cc(Cl)ccc4o3)nc3ccccc3c2=O)cc(I)c1OCc1ccc(C(=O)O)cc1. The molecule has 0 atom stereocenters. The summed E-state index contributed by atoms with van der Waals surface area (Å²) in [6.45, 7) is 2.48. The molecule has 0 bridgehead atoms. The van der Waals surface area contributed by atoms with Crippen molar-refractivity contribution >= 4 is 68.2 Å². The number of benzene rings is 4. The molecule has 0 aliphatic carbocycles. The molecule has 2 aromatic heterocycles. The summed E-state index contributed by atoms with van der Waals surface area (Å²) >= 11 is 8.33. The number of para-hydroxylation sites is 1. The van der Waals surface area contributed by atoms with Crippen LogP contribution in [0.5, 0.6) is 11.5 Å². The number of hydrogen-bond donors (Lipinski definition) is 1. The van der Waals surface area contributed by atoms with Gasteiger partial charge in [0, 0.05) is 10.4 Å². The number of carboxylic acids is 1. The lowest BCUT2D eigenvalue weighted by Crippen LogP contribution is -2.20. The van der Waals surface area contributed by atoms with Crippen molar-refractivity contribution in [1.29, 1.82) is 0 Å². The van der Waals surface area contributed by atoms with E-state index in [1.54, 1.807) is 66.9 Å². The molecule has 0 spiro atoms. The number of halogens is 2. The maximum Gasteiger partial charge on any atom is 0.335 e. The molecule has 6 rings (SSSR count). The molecule has 4 aromatic carbocycles. The third-order valence-electron chi connectivity index (χ3n) is 6.69. The first-order chi connectivity index (χ1) is 21.3. The third-order valence-corrected chi connectivity index (χ3v) is 7.73. The van der Waals surface area contributed by atoms with Gasteiger partial charge in [-0.25, -0.2) is 9.78 Å². The summed E-state index contributed by atoms with van der Waals surface area (Å²) in [7, 11) is 0. The molecule has 0 saturated heterocycles. The van der Waals surface area contributed by atoms with E-state index < -0.39 is 5.97 Å². The fraction of sp³-hybridized carbons (Fsp3) is 0.0909. The van der Waals surface area contributed by atoms with Gasteiger partial charge in [0.05, 0.1) is 32.9 Å². The first-order valence-electron chi connectivity index (χ1n) is 13.5. The van der Waals surface area contributed by atoms with Gasteiger partial charge in [0.1, 0.15) is 12.2 Å². The Bertz CT molecular complexity index is 2120. The molecule has 0 fully saturated rings. The summed E-state index contributed by atoms with van der Waals surface area (Å²) in [5, 5.41) is 15.5. The van der Waals surface area contributed by atoms with Gasteiger partial charge in [0.2, 0.25) is 5.82 Å². The van der Waals surface area contributed by atoms with Crippen LogP contribution in [0.15, 0.2) is 99.2 Å². The number of nitrogens with zero attached hydrogens (tertiary/aromatic N) is 3. The average molecular weight is 720 g/mol. The number of furan rings is 1. The number of rotatable bonds is 9. The molecule has 220 valence electrons. The Kier molecular flexibility index (Phi) is 8.36. The lowest BCUT2D eigenvalue weighted by atomic mass is 10.1. The Morgan fingerprint density at radius 2 is 1.86 bits per heavy atom. The van der Waals surface area contributed by atoms with Crippen molar-refractivity contribution < 1.29 is 23.8 Å². The quantitative estimate of drug-likeness (QED) is 0.121. The molecule has 1 N–H and O–H groups in total. The van der Waals surface area contributed by atoms with E-state index in [9.17, 15) is 9.59 Å². The van der Waals surface area contributed by atoms with Crippen LogP contribution in [0.4, 0.5) is 0 Å². The molecule has 0 aliphatic rings. The van der Waals surface area contributed by atoms with Gasteiger partial charge in [-0.1, -0.05) is 35.9 Å². The average Bonchev–Trinajstić information content (AvgIpc) is 3.43. The van der Waals surface area contributed by atoms with Crippen LogP contribution in [0.2, 0.25) is 5.02 Å². The Hall–Kier alpha value is -4.68. The molecule has 6 aromatic rings. The molecule has 0 aliphatic heterocycles. The Labute approximate surface area is 269 Å². The summed E-state index contributed by atoms with van der Waals surface area (Å²) < 4.78 is 20.0. The predicted molar refractivity (Wildman–Crippen MR) is 177 cm³/mol. The summed E-state index contributed by atoms with van der Waals surface area (Å²) in [6.07, 6.45) is 1.56. The van der Waals surface area contributed by atoms with Crippen LogP contribution >= 0.6 is 34.2 Å². The maximum atomic E-state index is 13.6. The predicted octanol–water partition coefficient (Wildman–Crippen LogP) is 7.63. The first kappa shape index (κ1) is 29.4. The minimum atomic E-state index is -0.987. The normalized spacial score (nSPS) is 11.4. The fourth-order valence-electron chi connectivity index (χ4n) is 4.60. The van der Waals surface area contributed by atoms with Gasteiger partial charge in [0.25, 0.3) is 5.56 Å². The van der Waals surface area contributed by atoms with Gasteiger partial charge in [-0.2, -0.15) is 9.78 Å². The number of fused-ring (bicyclic) bond motifs is 2. The summed E-state index contributed by atoms with van der Waals surface area (Å²) in [5.41, 5.74) is 2.45. The second-order valence-electron chi connectivity index (χ2n) is 9.66. The van der Waals surface area contributed by atoms with Gasteiger partial charge in [-0.3, -0.25) is 4.79 Å². The van der Waals surface area contributed by atoms with Gasteiger partial charge in [0.15, 0.2) is 17.3 Å². The van der Waals surface area contributed by atoms with Crippen molar-refractivity contribution in [3.63, 3.8) is 0 Å². The van der Waals surface area contributed by atoms with Crippen LogP contribution in [0.3, 0.4) is 0 Å². The van der Waals surface area contributed by atoms with Crippen molar-refractivity contribution in [2.75, 3.05) is 6.61 Å². The number of hydrogen-bond acceptors (Lipinski definition) is 7. The monoisotopic (exact) mass is 719 g/mol. The van der Waals surface area contributed by atoms with Gasteiger partial charge < -0.3 is 19.0 Å². The smallest absolute Gasteiger partial charge is 0.335 e. The maximum absolute atomic E-state index is 13.6. The van der Waals surface area contributed by atoms with E-state index in [0.717, 1.165) is 14.5 Å². The minimum Gasteiger partial charge on any atom is -0.490 e. The molecule has 11 heteroatoms. The van der Waals surface area contributed by atoms with E-state index in [-0.39, 0.29) is 23.6 Å². The summed E-state index contributed by atoms with van der Waals surface area (Å²) in [6, 6.07) is 24.2. The van der Waals surface area contributed by atoms with Gasteiger partial charge >= 0.3 is 5.97 Å². The zero-order valence-electron chi connectivity index (χ0n) is 23.2. The van der Waals surface area contributed by atoms with E-state index in [0.29, 0.717) is 50.9 Å². The topological polar surface area (TPSA) is 116 Å². The second kappa shape index (κ2) is 12.5. The molecule has 9 nitrogen and oxygen atoms in total. The second-order valence-corrected chi connectivity index (χ2v) is 11.3. The van der Waals surface area contributed by atoms with Gasteiger partial charge in [-0.05, 0) is 101 Å². The van der Waals surface area contributed by atoms with E-state index in [1.807, 2.05) is 19.1 Å². The van der Waals surface area contributed by atoms with Crippen LogP contribution in [0, 0.1) is 3.57 Å². The zero-order valence-corrected chi connectivity index (χ0v) is 26.1. The van der Waals surface area contributed by atoms with E-state index in [2.05, 4.69) is 27.7 Å². The van der Waals surface area contributed by atoms with Crippen LogP contribution in [-0.2, 0) is 6.61 Å². The molecule has 0 radical (unpaired) electrons. The van der Waals surface area contributed by atoms with Crippen LogP contribution < -0.4 is 15.0 Å². The Morgan fingerprint density at radius 3 is 2.64 bits per heavy atom. The highest BCUT2D eigenvalue weighted by Crippen LogP contribution is 2.35. The highest BCUT2D eigenvalue weighted by atomic mass is 127. The lowest BCUT2D eigenvalue weighted by molar-refractivity contribution is 0.0697. The lowest BCUT2D eigenvalue weighted by Gasteiger charge is -2.15. The number of carboxylic acid groups (broad SMARTS) is 1. The fourth-order valence-corrected chi connectivity index (χ4v) is 5.57.